The standard InChI is InChI=1S/C13H18N2O/c1-2-8-16-9-4-7-15-13-6-3-5-12(10-13)11-14/h3,5-6,10,15H,2,4,7-9H2,1H3. The number of nitrogens with zero attached hydrogens (tertiary/aromatic N) is 1. The van der Waals surface area contributed by atoms with Gasteiger partial charge in [-0.3, -0.25) is 0 Å². The summed E-state index contributed by atoms with van der Waals surface area (Å²) in [6, 6.07) is 9.63. The molecule has 0 atom stereocenters. The van der Waals surface area contributed by atoms with Crippen molar-refractivity contribution >= 4 is 5.69 Å². The molecule has 0 radical (unpaired) electrons. The smallest absolute Gasteiger partial charge is 0.0992 e. The highest BCUT2D eigenvalue weighted by molar-refractivity contribution is 5.48. The molecule has 0 aliphatic rings. The molecular weight excluding hydrogens is 200 g/mol. The molecule has 3 heteroatoms. The third-order valence-corrected chi connectivity index (χ3v) is 2.13. The molecule has 1 aromatic carbocycles. The van der Waals surface area contributed by atoms with Crippen molar-refractivity contribution in [1.82, 2.24) is 0 Å². The van der Waals surface area contributed by atoms with E-state index < -0.39 is 0 Å². The van der Waals surface area contributed by atoms with E-state index in [1.165, 1.54) is 0 Å². The predicted octanol–water partition coefficient (Wildman–Crippen LogP) is 2.79. The first-order valence-corrected chi connectivity index (χ1v) is 5.68. The van der Waals surface area contributed by atoms with Crippen LogP contribution in [0.4, 0.5) is 5.69 Å². The maximum absolute atomic E-state index is 8.73. The summed E-state index contributed by atoms with van der Waals surface area (Å²) >= 11 is 0. The average molecular weight is 218 g/mol. The molecule has 0 saturated heterocycles. The zero-order valence-electron chi connectivity index (χ0n) is 9.70. The zero-order chi connectivity index (χ0) is 11.6. The van der Waals surface area contributed by atoms with Crippen LogP contribution in [-0.4, -0.2) is 19.8 Å². The van der Waals surface area contributed by atoms with Crippen LogP contribution in [0.1, 0.15) is 25.3 Å². The summed E-state index contributed by atoms with van der Waals surface area (Å²) in [7, 11) is 0. The van der Waals surface area contributed by atoms with Gasteiger partial charge in [0.15, 0.2) is 0 Å². The predicted molar refractivity (Wildman–Crippen MR) is 65.4 cm³/mol. The van der Waals surface area contributed by atoms with Crippen molar-refractivity contribution in [2.75, 3.05) is 25.1 Å². The summed E-state index contributed by atoms with van der Waals surface area (Å²) in [4.78, 5) is 0. The van der Waals surface area contributed by atoms with Crippen LogP contribution >= 0.6 is 0 Å². The Balaban J connectivity index is 2.19. The first-order valence-electron chi connectivity index (χ1n) is 5.68. The van der Waals surface area contributed by atoms with E-state index in [4.69, 9.17) is 10.00 Å². The topological polar surface area (TPSA) is 45.0 Å². The minimum absolute atomic E-state index is 0.687. The maximum Gasteiger partial charge on any atom is 0.0992 e. The summed E-state index contributed by atoms with van der Waals surface area (Å²) < 4.78 is 5.37. The second-order valence-electron chi connectivity index (χ2n) is 3.59. The molecule has 86 valence electrons. The molecule has 0 heterocycles. The molecule has 0 fully saturated rings. The Morgan fingerprint density at radius 2 is 2.25 bits per heavy atom. The van der Waals surface area contributed by atoms with E-state index in [0.717, 1.165) is 38.3 Å². The fourth-order valence-electron chi connectivity index (χ4n) is 1.35. The lowest BCUT2D eigenvalue weighted by Crippen LogP contribution is -2.06. The lowest BCUT2D eigenvalue weighted by atomic mass is 10.2. The summed E-state index contributed by atoms with van der Waals surface area (Å²) in [5.74, 6) is 0. The third-order valence-electron chi connectivity index (χ3n) is 2.13. The van der Waals surface area contributed by atoms with Gasteiger partial charge in [-0.1, -0.05) is 13.0 Å². The summed E-state index contributed by atoms with van der Waals surface area (Å²) in [6.07, 6.45) is 2.05. The van der Waals surface area contributed by atoms with E-state index in [-0.39, 0.29) is 0 Å². The van der Waals surface area contributed by atoms with Gasteiger partial charge in [0.05, 0.1) is 11.6 Å². The van der Waals surface area contributed by atoms with E-state index >= 15 is 0 Å². The lowest BCUT2D eigenvalue weighted by Gasteiger charge is -2.06. The van der Waals surface area contributed by atoms with E-state index in [1.807, 2.05) is 18.2 Å². The van der Waals surface area contributed by atoms with E-state index in [1.54, 1.807) is 6.07 Å². The second-order valence-corrected chi connectivity index (χ2v) is 3.59. The fraction of sp³-hybridized carbons (Fsp3) is 0.462. The number of nitrogens with one attached hydrogen (secondary N) is 1. The number of hydrogen-bond acceptors (Lipinski definition) is 3. The van der Waals surface area contributed by atoms with Crippen molar-refractivity contribution < 1.29 is 4.74 Å². The van der Waals surface area contributed by atoms with Crippen LogP contribution in [0.15, 0.2) is 24.3 Å². The van der Waals surface area contributed by atoms with Gasteiger partial charge in [-0.25, -0.2) is 0 Å². The maximum atomic E-state index is 8.73. The summed E-state index contributed by atoms with van der Waals surface area (Å²) in [6.45, 7) is 4.60. The molecule has 0 bridgehead atoms. The number of ether oxygens (including phenoxy) is 1. The van der Waals surface area contributed by atoms with Crippen molar-refractivity contribution in [3.63, 3.8) is 0 Å². The second kappa shape index (κ2) is 7.72. The fourth-order valence-corrected chi connectivity index (χ4v) is 1.35. The Morgan fingerprint density at radius 3 is 3.00 bits per heavy atom. The molecule has 0 saturated carbocycles. The zero-order valence-corrected chi connectivity index (χ0v) is 9.70. The van der Waals surface area contributed by atoms with E-state index in [9.17, 15) is 0 Å². The van der Waals surface area contributed by atoms with Crippen LogP contribution in [0.2, 0.25) is 0 Å². The number of hydrogen-bond donors (Lipinski definition) is 1. The largest absolute Gasteiger partial charge is 0.385 e. The normalized spacial score (nSPS) is 9.75. The van der Waals surface area contributed by atoms with Crippen LogP contribution in [0.25, 0.3) is 0 Å². The van der Waals surface area contributed by atoms with Gasteiger partial charge < -0.3 is 10.1 Å². The van der Waals surface area contributed by atoms with Crippen molar-refractivity contribution in [3.05, 3.63) is 29.8 Å². The highest BCUT2D eigenvalue weighted by atomic mass is 16.5. The van der Waals surface area contributed by atoms with Crippen LogP contribution < -0.4 is 5.32 Å². The minimum Gasteiger partial charge on any atom is -0.385 e. The van der Waals surface area contributed by atoms with Crippen LogP contribution in [-0.2, 0) is 4.74 Å². The van der Waals surface area contributed by atoms with E-state index in [2.05, 4.69) is 18.3 Å². The Labute approximate surface area is 97.0 Å². The Kier molecular flexibility index (Phi) is 6.05. The van der Waals surface area contributed by atoms with Crippen LogP contribution in [0, 0.1) is 11.3 Å². The molecule has 1 rings (SSSR count). The molecule has 1 N–H and O–H groups in total. The minimum atomic E-state index is 0.687. The van der Waals surface area contributed by atoms with Gasteiger partial charge >= 0.3 is 0 Å². The van der Waals surface area contributed by atoms with E-state index in [0.29, 0.717) is 5.56 Å². The summed E-state index contributed by atoms with van der Waals surface area (Å²) in [5.41, 5.74) is 1.68. The molecule has 3 nitrogen and oxygen atoms in total. The van der Waals surface area contributed by atoms with Crippen LogP contribution in [0.5, 0.6) is 0 Å². The molecule has 0 amide bonds. The van der Waals surface area contributed by atoms with Gasteiger partial charge in [-0.15, -0.1) is 0 Å². The quantitative estimate of drug-likeness (QED) is 0.716. The molecule has 1 aromatic rings. The first kappa shape index (κ1) is 12.5. The molecular formula is C13H18N2O. The Hall–Kier alpha value is -1.53. The number of rotatable bonds is 7. The van der Waals surface area contributed by atoms with Gasteiger partial charge in [0, 0.05) is 25.4 Å². The summed E-state index contributed by atoms with van der Waals surface area (Å²) in [5, 5.41) is 12.0. The monoisotopic (exact) mass is 218 g/mol. The van der Waals surface area contributed by atoms with Crippen LogP contribution in [0.3, 0.4) is 0 Å². The average Bonchev–Trinajstić information content (AvgIpc) is 2.34. The Bertz CT molecular complexity index is 344. The molecule has 0 aliphatic heterocycles. The van der Waals surface area contributed by atoms with Crippen molar-refractivity contribution in [1.29, 1.82) is 5.26 Å². The van der Waals surface area contributed by atoms with Gasteiger partial charge in [-0.2, -0.15) is 5.26 Å². The molecule has 0 unspecified atom stereocenters. The molecule has 0 spiro atoms. The van der Waals surface area contributed by atoms with Crippen molar-refractivity contribution in [2.24, 2.45) is 0 Å². The van der Waals surface area contributed by atoms with Gasteiger partial charge in [0.1, 0.15) is 0 Å². The molecule has 0 aliphatic carbocycles. The third kappa shape index (κ3) is 4.81. The van der Waals surface area contributed by atoms with Crippen molar-refractivity contribution in [2.45, 2.75) is 19.8 Å². The van der Waals surface area contributed by atoms with Gasteiger partial charge in [-0.05, 0) is 31.0 Å². The van der Waals surface area contributed by atoms with Gasteiger partial charge in [0.2, 0.25) is 0 Å². The highest BCUT2D eigenvalue weighted by Crippen LogP contribution is 2.09. The number of nitriles is 1. The van der Waals surface area contributed by atoms with Crippen molar-refractivity contribution in [3.8, 4) is 6.07 Å². The highest BCUT2D eigenvalue weighted by Gasteiger charge is 1.94. The van der Waals surface area contributed by atoms with Gasteiger partial charge in [0.25, 0.3) is 0 Å². The first-order chi connectivity index (χ1) is 7.86. The lowest BCUT2D eigenvalue weighted by molar-refractivity contribution is 0.134. The number of anilines is 1. The molecule has 0 aromatic heterocycles. The molecule has 16 heavy (non-hydrogen) atoms. The SMILES string of the molecule is CCCOCCCNc1cccc(C#N)c1. The Morgan fingerprint density at radius 1 is 1.38 bits per heavy atom. The number of benzene rings is 1.